The third kappa shape index (κ3) is 5.73. The second-order valence-electron chi connectivity index (χ2n) is 7.53. The largest absolute Gasteiger partial charge is 0.361 e. The van der Waals surface area contributed by atoms with Crippen LogP contribution in [0.4, 0.5) is 0 Å². The summed E-state index contributed by atoms with van der Waals surface area (Å²) in [7, 11) is 0. The smallest absolute Gasteiger partial charge is 0.191 e. The number of likely N-dealkylation sites (tertiary alicyclic amines) is 1. The molecule has 0 saturated carbocycles. The summed E-state index contributed by atoms with van der Waals surface area (Å²) < 4.78 is 5.23. The van der Waals surface area contributed by atoms with Gasteiger partial charge in [0, 0.05) is 24.2 Å². The molecule has 1 aliphatic rings. The van der Waals surface area contributed by atoms with E-state index in [9.17, 15) is 0 Å². The molecule has 1 aliphatic heterocycles. The number of aliphatic imine (C=N–C) groups is 1. The number of guanidine groups is 1. The number of nitrogens with zero attached hydrogens (tertiary/aromatic N) is 3. The van der Waals surface area contributed by atoms with Crippen LogP contribution in [0.25, 0.3) is 0 Å². The van der Waals surface area contributed by atoms with Crippen molar-refractivity contribution in [2.75, 3.05) is 32.7 Å². The summed E-state index contributed by atoms with van der Waals surface area (Å²) in [4.78, 5) is 7.41. The van der Waals surface area contributed by atoms with Crippen LogP contribution in [0.15, 0.2) is 9.52 Å². The number of hydrogen-bond acceptors (Lipinski definition) is 4. The van der Waals surface area contributed by atoms with Crippen LogP contribution in [0.3, 0.4) is 0 Å². The average Bonchev–Trinajstić information content (AvgIpc) is 2.92. The van der Waals surface area contributed by atoms with Crippen molar-refractivity contribution in [3.63, 3.8) is 0 Å². The van der Waals surface area contributed by atoms with Gasteiger partial charge in [-0.25, -0.2) is 0 Å². The van der Waals surface area contributed by atoms with E-state index in [2.05, 4.69) is 41.5 Å². The van der Waals surface area contributed by atoms with E-state index in [4.69, 9.17) is 9.52 Å². The van der Waals surface area contributed by atoms with E-state index in [1.807, 2.05) is 13.8 Å². The average molecular weight is 350 g/mol. The normalized spacial score (nSPS) is 16.9. The van der Waals surface area contributed by atoms with Crippen molar-refractivity contribution in [1.29, 1.82) is 0 Å². The maximum atomic E-state index is 5.23. The fourth-order valence-corrected chi connectivity index (χ4v) is 3.38. The number of hydrogen-bond donors (Lipinski definition) is 2. The third-order valence-electron chi connectivity index (χ3n) is 5.03. The molecule has 0 aromatic carbocycles. The summed E-state index contributed by atoms with van der Waals surface area (Å²) in [5.74, 6) is 1.80. The van der Waals surface area contributed by atoms with Crippen molar-refractivity contribution in [2.24, 2.45) is 4.99 Å². The lowest BCUT2D eigenvalue weighted by Crippen LogP contribution is -2.49. The summed E-state index contributed by atoms with van der Waals surface area (Å²) in [6.07, 6.45) is 4.87. The van der Waals surface area contributed by atoms with Gasteiger partial charge < -0.3 is 15.2 Å². The van der Waals surface area contributed by atoms with Gasteiger partial charge in [-0.2, -0.15) is 0 Å². The molecule has 25 heavy (non-hydrogen) atoms. The van der Waals surface area contributed by atoms with Crippen molar-refractivity contribution >= 4 is 5.96 Å². The number of nitrogens with one attached hydrogen (secondary N) is 2. The second-order valence-corrected chi connectivity index (χ2v) is 7.53. The van der Waals surface area contributed by atoms with Crippen molar-refractivity contribution in [2.45, 2.75) is 65.8 Å². The van der Waals surface area contributed by atoms with Gasteiger partial charge in [-0.05, 0) is 67.0 Å². The number of piperidine rings is 1. The van der Waals surface area contributed by atoms with Gasteiger partial charge in [0.15, 0.2) is 5.96 Å². The molecule has 1 aromatic heterocycles. The molecule has 0 radical (unpaired) electrons. The van der Waals surface area contributed by atoms with E-state index in [1.54, 1.807) is 0 Å². The van der Waals surface area contributed by atoms with Gasteiger partial charge in [0.1, 0.15) is 5.76 Å². The molecule has 0 aliphatic carbocycles. The minimum atomic E-state index is 0.102. The highest BCUT2D eigenvalue weighted by Gasteiger charge is 2.27. The predicted molar refractivity (Wildman–Crippen MR) is 103 cm³/mol. The molecule has 0 unspecified atom stereocenters. The van der Waals surface area contributed by atoms with Gasteiger partial charge in [-0.1, -0.05) is 11.6 Å². The Labute approximate surface area is 152 Å². The lowest BCUT2D eigenvalue weighted by atomic mass is 9.99. The molecule has 0 bridgehead atoms. The van der Waals surface area contributed by atoms with Gasteiger partial charge >= 0.3 is 0 Å². The molecule has 2 N–H and O–H groups in total. The molecule has 6 nitrogen and oxygen atoms in total. The van der Waals surface area contributed by atoms with Gasteiger partial charge in [0.05, 0.1) is 12.2 Å². The van der Waals surface area contributed by atoms with Crippen LogP contribution >= 0.6 is 0 Å². The van der Waals surface area contributed by atoms with Crippen molar-refractivity contribution in [3.05, 3.63) is 17.0 Å². The topological polar surface area (TPSA) is 65.7 Å². The zero-order valence-corrected chi connectivity index (χ0v) is 16.6. The van der Waals surface area contributed by atoms with Gasteiger partial charge in [-0.15, -0.1) is 0 Å². The third-order valence-corrected chi connectivity index (χ3v) is 5.03. The Morgan fingerprint density at radius 1 is 1.20 bits per heavy atom. The van der Waals surface area contributed by atoms with Crippen LogP contribution in [-0.4, -0.2) is 54.3 Å². The lowest BCUT2D eigenvalue weighted by Gasteiger charge is -2.40. The molecule has 2 rings (SSSR count). The fourth-order valence-electron chi connectivity index (χ4n) is 3.38. The molecule has 1 aromatic rings. The summed E-state index contributed by atoms with van der Waals surface area (Å²) in [6, 6.07) is 0. The summed E-state index contributed by atoms with van der Waals surface area (Å²) in [5, 5.41) is 10.8. The summed E-state index contributed by atoms with van der Waals surface area (Å²) >= 11 is 0. The first-order valence-electron chi connectivity index (χ1n) is 9.63. The second kappa shape index (κ2) is 9.22. The van der Waals surface area contributed by atoms with Crippen molar-refractivity contribution in [1.82, 2.24) is 20.7 Å². The number of aromatic nitrogens is 1. The first kappa shape index (κ1) is 19.8. The highest BCUT2D eigenvalue weighted by molar-refractivity contribution is 5.79. The standard InChI is InChI=1S/C19H35N5O/c1-6-20-18(21-11-10-17-15(2)23-25-16(17)3)22-14-19(4,5)24-12-8-7-9-13-24/h6-14H2,1-5H3,(H2,20,21,22). The zero-order chi connectivity index (χ0) is 18.3. The number of rotatable bonds is 7. The van der Waals surface area contributed by atoms with Gasteiger partial charge in [-0.3, -0.25) is 9.89 Å². The van der Waals surface area contributed by atoms with E-state index in [-0.39, 0.29) is 5.54 Å². The van der Waals surface area contributed by atoms with Crippen molar-refractivity contribution in [3.8, 4) is 0 Å². The highest BCUT2D eigenvalue weighted by Crippen LogP contribution is 2.20. The fraction of sp³-hybridized carbons (Fsp3) is 0.789. The maximum absolute atomic E-state index is 5.23. The highest BCUT2D eigenvalue weighted by atomic mass is 16.5. The quantitative estimate of drug-likeness (QED) is 0.585. The Morgan fingerprint density at radius 2 is 1.92 bits per heavy atom. The van der Waals surface area contributed by atoms with Crippen LogP contribution in [-0.2, 0) is 6.42 Å². The molecule has 0 atom stereocenters. The summed E-state index contributed by atoms with van der Waals surface area (Å²) in [5.41, 5.74) is 2.27. The minimum Gasteiger partial charge on any atom is -0.361 e. The Hall–Kier alpha value is -1.56. The molecular weight excluding hydrogens is 314 g/mol. The molecule has 0 spiro atoms. The first-order valence-corrected chi connectivity index (χ1v) is 9.63. The molecule has 142 valence electrons. The maximum Gasteiger partial charge on any atom is 0.191 e. The van der Waals surface area contributed by atoms with Crippen LogP contribution in [0, 0.1) is 13.8 Å². The van der Waals surface area contributed by atoms with E-state index in [0.717, 1.165) is 43.5 Å². The molecule has 0 amide bonds. The van der Waals surface area contributed by atoms with E-state index >= 15 is 0 Å². The molecule has 1 saturated heterocycles. The van der Waals surface area contributed by atoms with Crippen LogP contribution < -0.4 is 10.6 Å². The first-order chi connectivity index (χ1) is 11.9. The van der Waals surface area contributed by atoms with E-state index < -0.39 is 0 Å². The summed E-state index contributed by atoms with van der Waals surface area (Å²) in [6.45, 7) is 15.5. The minimum absolute atomic E-state index is 0.102. The zero-order valence-electron chi connectivity index (χ0n) is 16.6. The van der Waals surface area contributed by atoms with Crippen LogP contribution in [0.2, 0.25) is 0 Å². The molecular formula is C19H35N5O. The Balaban J connectivity index is 1.88. The van der Waals surface area contributed by atoms with Gasteiger partial charge in [0.25, 0.3) is 0 Å². The monoisotopic (exact) mass is 349 g/mol. The Bertz CT molecular complexity index is 539. The van der Waals surface area contributed by atoms with Crippen LogP contribution in [0.5, 0.6) is 0 Å². The van der Waals surface area contributed by atoms with Crippen molar-refractivity contribution < 1.29 is 4.52 Å². The van der Waals surface area contributed by atoms with E-state index in [1.165, 1.54) is 37.9 Å². The molecule has 6 heteroatoms. The Morgan fingerprint density at radius 3 is 2.52 bits per heavy atom. The SMILES string of the molecule is CCNC(=NCC(C)(C)N1CCCCC1)NCCc1c(C)noc1C. The number of aryl methyl sites for hydroxylation is 2. The molecule has 2 heterocycles. The van der Waals surface area contributed by atoms with Gasteiger partial charge in [0.2, 0.25) is 0 Å². The van der Waals surface area contributed by atoms with Crippen LogP contribution in [0.1, 0.15) is 57.1 Å². The Kier molecular flexibility index (Phi) is 7.29. The predicted octanol–water partition coefficient (Wildman–Crippen LogP) is 2.65. The lowest BCUT2D eigenvalue weighted by molar-refractivity contribution is 0.102. The van der Waals surface area contributed by atoms with E-state index in [0.29, 0.717) is 0 Å². The molecule has 1 fully saturated rings.